The molecule has 0 aliphatic carbocycles. The van der Waals surface area contributed by atoms with E-state index in [1.54, 1.807) is 11.3 Å². The lowest BCUT2D eigenvalue weighted by Gasteiger charge is -2.14. The second-order valence-electron chi connectivity index (χ2n) is 6.41. The van der Waals surface area contributed by atoms with E-state index in [1.807, 2.05) is 67.8 Å². The van der Waals surface area contributed by atoms with Crippen LogP contribution in [0.15, 0.2) is 60.0 Å². The molecule has 152 valence electrons. The molecule has 0 saturated carbocycles. The predicted octanol–water partition coefficient (Wildman–Crippen LogP) is 5.69. The van der Waals surface area contributed by atoms with E-state index in [1.165, 1.54) is 4.88 Å². The van der Waals surface area contributed by atoms with E-state index >= 15 is 0 Å². The Hall–Kier alpha value is -2.99. The Bertz CT molecular complexity index is 908. The van der Waals surface area contributed by atoms with Crippen LogP contribution in [0.2, 0.25) is 0 Å². The smallest absolute Gasteiger partial charge is 0.224 e. The fourth-order valence-corrected chi connectivity index (χ4v) is 3.33. The maximum atomic E-state index is 11.5. The summed E-state index contributed by atoms with van der Waals surface area (Å²) in [6.07, 6.45) is 0.467. The number of rotatable bonds is 10. The topological polar surface area (TPSA) is 59.6 Å². The van der Waals surface area contributed by atoms with Crippen LogP contribution in [0.3, 0.4) is 0 Å². The van der Waals surface area contributed by atoms with E-state index in [-0.39, 0.29) is 5.91 Å². The molecule has 2 aromatic carbocycles. The van der Waals surface area contributed by atoms with Gasteiger partial charge in [0.2, 0.25) is 5.91 Å². The Kier molecular flexibility index (Phi) is 7.53. The summed E-state index contributed by atoms with van der Waals surface area (Å²) in [7, 11) is 0. The molecule has 0 radical (unpaired) electrons. The number of nitrogens with one attached hydrogen (secondary N) is 2. The highest BCUT2D eigenvalue weighted by atomic mass is 32.1. The number of amides is 1. The minimum atomic E-state index is 0.00977. The highest BCUT2D eigenvalue weighted by Gasteiger charge is 2.08. The molecule has 0 aliphatic rings. The first-order valence-corrected chi connectivity index (χ1v) is 10.6. The van der Waals surface area contributed by atoms with Crippen LogP contribution in [0.25, 0.3) is 0 Å². The molecule has 0 fully saturated rings. The molecule has 0 bridgehead atoms. The molecule has 3 aromatic rings. The van der Waals surface area contributed by atoms with Gasteiger partial charge in [0.1, 0.15) is 6.61 Å². The normalized spacial score (nSPS) is 10.4. The summed E-state index contributed by atoms with van der Waals surface area (Å²) in [5.41, 5.74) is 2.88. The Morgan fingerprint density at radius 3 is 2.45 bits per heavy atom. The second kappa shape index (κ2) is 10.5. The molecular weight excluding hydrogens is 384 g/mol. The van der Waals surface area contributed by atoms with E-state index < -0.39 is 0 Å². The summed E-state index contributed by atoms with van der Waals surface area (Å²) < 4.78 is 11.7. The number of benzene rings is 2. The van der Waals surface area contributed by atoms with Crippen LogP contribution in [0.5, 0.6) is 11.5 Å². The van der Waals surface area contributed by atoms with Gasteiger partial charge in [-0.05, 0) is 60.3 Å². The summed E-state index contributed by atoms with van der Waals surface area (Å²) in [5, 5.41) is 8.28. The number of hydrogen-bond donors (Lipinski definition) is 2. The molecule has 0 saturated heterocycles. The van der Waals surface area contributed by atoms with E-state index in [0.717, 1.165) is 28.4 Å². The lowest BCUT2D eigenvalue weighted by molar-refractivity contribution is -0.115. The third kappa shape index (κ3) is 6.26. The third-order valence-electron chi connectivity index (χ3n) is 4.24. The zero-order valence-corrected chi connectivity index (χ0v) is 17.6. The molecule has 29 heavy (non-hydrogen) atoms. The second-order valence-corrected chi connectivity index (χ2v) is 7.45. The monoisotopic (exact) mass is 410 g/mol. The number of hydrogen-bond acceptors (Lipinski definition) is 5. The summed E-state index contributed by atoms with van der Waals surface area (Å²) in [5.74, 6) is 1.51. The van der Waals surface area contributed by atoms with Crippen LogP contribution < -0.4 is 20.1 Å². The van der Waals surface area contributed by atoms with Gasteiger partial charge in [-0.3, -0.25) is 4.79 Å². The zero-order chi connectivity index (χ0) is 20.5. The van der Waals surface area contributed by atoms with Crippen molar-refractivity contribution in [2.45, 2.75) is 33.4 Å². The fraction of sp³-hybridized carbons (Fsp3) is 0.261. The van der Waals surface area contributed by atoms with Gasteiger partial charge in [-0.15, -0.1) is 11.3 Å². The first-order valence-electron chi connectivity index (χ1n) is 9.72. The largest absolute Gasteiger partial charge is 0.490 e. The number of carbonyl (C=O) groups excluding carboxylic acids is 1. The van der Waals surface area contributed by atoms with Crippen molar-refractivity contribution >= 4 is 28.6 Å². The van der Waals surface area contributed by atoms with Crippen LogP contribution in [0.1, 0.15) is 30.7 Å². The van der Waals surface area contributed by atoms with Gasteiger partial charge >= 0.3 is 0 Å². The average molecular weight is 411 g/mol. The molecule has 2 N–H and O–H groups in total. The summed E-state index contributed by atoms with van der Waals surface area (Å²) in [6.45, 7) is 5.58. The van der Waals surface area contributed by atoms with Crippen molar-refractivity contribution in [3.63, 3.8) is 0 Å². The molecule has 3 rings (SSSR count). The molecule has 6 heteroatoms. The minimum Gasteiger partial charge on any atom is -0.490 e. The Labute approximate surface area is 175 Å². The summed E-state index contributed by atoms with van der Waals surface area (Å²) in [6, 6.07) is 17.8. The van der Waals surface area contributed by atoms with Gasteiger partial charge in [-0.1, -0.05) is 19.1 Å². The molecule has 1 heterocycles. The van der Waals surface area contributed by atoms with Crippen molar-refractivity contribution in [3.8, 4) is 11.5 Å². The zero-order valence-electron chi connectivity index (χ0n) is 16.7. The quantitative estimate of drug-likeness (QED) is 0.451. The Morgan fingerprint density at radius 2 is 1.76 bits per heavy atom. The van der Waals surface area contributed by atoms with Gasteiger partial charge in [0.05, 0.1) is 6.61 Å². The van der Waals surface area contributed by atoms with Crippen molar-refractivity contribution in [1.29, 1.82) is 0 Å². The Balaban J connectivity index is 1.60. The maximum Gasteiger partial charge on any atom is 0.224 e. The van der Waals surface area contributed by atoms with Crippen molar-refractivity contribution in [2.75, 3.05) is 17.2 Å². The summed E-state index contributed by atoms with van der Waals surface area (Å²) >= 11 is 1.68. The lowest BCUT2D eigenvalue weighted by atomic mass is 10.2. The minimum absolute atomic E-state index is 0.00977. The number of thiophene rings is 1. The molecule has 5 nitrogen and oxygen atoms in total. The molecule has 0 unspecified atom stereocenters. The highest BCUT2D eigenvalue weighted by Crippen LogP contribution is 2.30. The van der Waals surface area contributed by atoms with Gasteiger partial charge in [-0.25, -0.2) is 0 Å². The lowest BCUT2D eigenvalue weighted by Crippen LogP contribution is -2.09. The van der Waals surface area contributed by atoms with E-state index in [0.29, 0.717) is 26.2 Å². The van der Waals surface area contributed by atoms with Gasteiger partial charge in [0, 0.05) is 29.2 Å². The highest BCUT2D eigenvalue weighted by molar-refractivity contribution is 7.09. The number of anilines is 2. The van der Waals surface area contributed by atoms with Crippen LogP contribution in [0.4, 0.5) is 11.4 Å². The molecule has 1 aromatic heterocycles. The average Bonchev–Trinajstić information content (AvgIpc) is 3.26. The maximum absolute atomic E-state index is 11.5. The standard InChI is InChI=1S/C23H26N2O3S/c1-3-23(26)25-19-10-8-18(9-11-19)24-15-17-7-12-21(22(14-17)27-4-2)28-16-20-6-5-13-29-20/h5-14,24H,3-4,15-16H2,1-2H3,(H,25,26). The van der Waals surface area contributed by atoms with E-state index in [4.69, 9.17) is 9.47 Å². The van der Waals surface area contributed by atoms with Gasteiger partial charge < -0.3 is 20.1 Å². The van der Waals surface area contributed by atoms with Crippen LogP contribution >= 0.6 is 11.3 Å². The third-order valence-corrected chi connectivity index (χ3v) is 5.09. The summed E-state index contributed by atoms with van der Waals surface area (Å²) in [4.78, 5) is 12.6. The van der Waals surface area contributed by atoms with Crippen molar-refractivity contribution in [3.05, 3.63) is 70.4 Å². The predicted molar refractivity (Wildman–Crippen MR) is 119 cm³/mol. The SMILES string of the molecule is CCOc1cc(CNc2ccc(NC(=O)CC)cc2)ccc1OCc1cccs1. The Morgan fingerprint density at radius 1 is 0.966 bits per heavy atom. The fourth-order valence-electron chi connectivity index (χ4n) is 2.72. The molecule has 0 atom stereocenters. The van der Waals surface area contributed by atoms with Crippen molar-refractivity contribution in [1.82, 2.24) is 0 Å². The van der Waals surface area contributed by atoms with Crippen LogP contribution in [-0.4, -0.2) is 12.5 Å². The van der Waals surface area contributed by atoms with Crippen molar-refractivity contribution < 1.29 is 14.3 Å². The van der Waals surface area contributed by atoms with E-state index in [2.05, 4.69) is 16.7 Å². The molecule has 0 spiro atoms. The van der Waals surface area contributed by atoms with Crippen LogP contribution in [-0.2, 0) is 17.9 Å². The van der Waals surface area contributed by atoms with Gasteiger partial charge in [-0.2, -0.15) is 0 Å². The van der Waals surface area contributed by atoms with Gasteiger partial charge in [0.25, 0.3) is 0 Å². The van der Waals surface area contributed by atoms with E-state index in [9.17, 15) is 4.79 Å². The first-order chi connectivity index (χ1) is 14.2. The number of carbonyl (C=O) groups is 1. The van der Waals surface area contributed by atoms with Crippen molar-refractivity contribution in [2.24, 2.45) is 0 Å². The van der Waals surface area contributed by atoms with Gasteiger partial charge in [0.15, 0.2) is 11.5 Å². The molecule has 1 amide bonds. The first kappa shape index (κ1) is 20.7. The molecular formula is C23H26N2O3S. The number of ether oxygens (including phenoxy) is 2. The molecule has 0 aliphatic heterocycles. The van der Waals surface area contributed by atoms with Crippen LogP contribution in [0, 0.1) is 0 Å².